The lowest BCUT2D eigenvalue weighted by molar-refractivity contribution is 0.561. The van der Waals surface area contributed by atoms with Crippen LogP contribution in [0.25, 0.3) is 0 Å². The average Bonchev–Trinajstić information content (AvgIpc) is 2.30. The van der Waals surface area contributed by atoms with E-state index in [0.29, 0.717) is 11.8 Å². The van der Waals surface area contributed by atoms with Crippen LogP contribution in [0, 0.1) is 12.8 Å². The van der Waals surface area contributed by atoms with Gasteiger partial charge in [0.25, 0.3) is 0 Å². The topological polar surface area (TPSA) is 38.0 Å². The summed E-state index contributed by atoms with van der Waals surface area (Å²) in [5.41, 5.74) is 9.68. The summed E-state index contributed by atoms with van der Waals surface area (Å²) in [6.07, 6.45) is 1.13. The molecule has 0 bridgehead atoms. The maximum Gasteiger partial charge on any atom is 0.0405 e. The van der Waals surface area contributed by atoms with Gasteiger partial charge in [0.2, 0.25) is 0 Å². The molecule has 2 nitrogen and oxygen atoms in total. The fourth-order valence-corrected chi connectivity index (χ4v) is 1.97. The molecule has 1 rings (SSSR count). The van der Waals surface area contributed by atoms with Gasteiger partial charge in [-0.3, -0.25) is 0 Å². The Bertz CT molecular complexity index is 345. The molecule has 0 aliphatic carbocycles. The molecule has 0 fully saturated rings. The lowest BCUT2D eigenvalue weighted by Crippen LogP contribution is -2.16. The highest BCUT2D eigenvalue weighted by molar-refractivity contribution is 5.58. The third-order valence-corrected chi connectivity index (χ3v) is 3.27. The molecule has 0 amide bonds. The van der Waals surface area contributed by atoms with E-state index >= 15 is 0 Å². The van der Waals surface area contributed by atoms with Crippen LogP contribution in [0.4, 0.5) is 5.69 Å². The smallest absolute Gasteiger partial charge is 0.0405 e. The van der Waals surface area contributed by atoms with Gasteiger partial charge in [0.1, 0.15) is 0 Å². The van der Waals surface area contributed by atoms with Crippen molar-refractivity contribution in [3.63, 3.8) is 0 Å². The molecular weight excluding hydrogens is 208 g/mol. The molecule has 2 heteroatoms. The first kappa shape index (κ1) is 14.0. The van der Waals surface area contributed by atoms with Gasteiger partial charge in [0.05, 0.1) is 0 Å². The van der Waals surface area contributed by atoms with E-state index in [-0.39, 0.29) is 0 Å². The van der Waals surface area contributed by atoms with Crippen molar-refractivity contribution in [3.8, 4) is 0 Å². The highest BCUT2D eigenvalue weighted by Gasteiger charge is 2.08. The highest BCUT2D eigenvalue weighted by Crippen LogP contribution is 2.27. The van der Waals surface area contributed by atoms with Crippen LogP contribution in [0.2, 0.25) is 0 Å². The second-order valence-electron chi connectivity index (χ2n) is 5.25. The van der Waals surface area contributed by atoms with Gasteiger partial charge in [0.15, 0.2) is 0 Å². The van der Waals surface area contributed by atoms with E-state index in [1.165, 1.54) is 16.8 Å². The van der Waals surface area contributed by atoms with Crippen molar-refractivity contribution in [2.75, 3.05) is 18.4 Å². The molecule has 0 saturated heterocycles. The molecule has 0 aromatic heterocycles. The minimum absolute atomic E-state index is 0.560. The van der Waals surface area contributed by atoms with E-state index < -0.39 is 0 Å². The number of rotatable bonds is 6. The number of anilines is 1. The van der Waals surface area contributed by atoms with Gasteiger partial charge in [0, 0.05) is 12.2 Å². The molecule has 3 N–H and O–H groups in total. The molecule has 0 saturated carbocycles. The van der Waals surface area contributed by atoms with Crippen molar-refractivity contribution in [2.45, 2.75) is 40.0 Å². The number of hydrogen-bond donors (Lipinski definition) is 2. The fraction of sp³-hybridized carbons (Fsp3) is 0.600. The third-order valence-electron chi connectivity index (χ3n) is 3.27. The maximum absolute atomic E-state index is 5.63. The number of benzene rings is 1. The lowest BCUT2D eigenvalue weighted by Gasteiger charge is -2.18. The largest absolute Gasteiger partial charge is 0.385 e. The van der Waals surface area contributed by atoms with E-state index in [2.05, 4.69) is 51.2 Å². The van der Waals surface area contributed by atoms with Gasteiger partial charge in [-0.1, -0.05) is 39.0 Å². The zero-order chi connectivity index (χ0) is 12.8. The van der Waals surface area contributed by atoms with Crippen molar-refractivity contribution in [1.29, 1.82) is 0 Å². The number of aryl methyl sites for hydroxylation is 1. The molecule has 1 unspecified atom stereocenters. The summed E-state index contributed by atoms with van der Waals surface area (Å²) in [4.78, 5) is 0. The lowest BCUT2D eigenvalue weighted by atomic mass is 9.98. The zero-order valence-corrected chi connectivity index (χ0v) is 11.6. The van der Waals surface area contributed by atoms with Gasteiger partial charge in [-0.05, 0) is 42.9 Å². The van der Waals surface area contributed by atoms with Crippen molar-refractivity contribution in [1.82, 2.24) is 0 Å². The molecule has 1 aromatic carbocycles. The molecule has 0 radical (unpaired) electrons. The van der Waals surface area contributed by atoms with Crippen LogP contribution in [0.15, 0.2) is 18.2 Å². The molecule has 0 aliphatic rings. The summed E-state index contributed by atoms with van der Waals surface area (Å²) < 4.78 is 0. The van der Waals surface area contributed by atoms with Crippen molar-refractivity contribution in [2.24, 2.45) is 11.7 Å². The van der Waals surface area contributed by atoms with E-state index in [1.807, 2.05) is 0 Å². The summed E-state index contributed by atoms with van der Waals surface area (Å²) >= 11 is 0. The van der Waals surface area contributed by atoms with E-state index in [1.54, 1.807) is 0 Å². The van der Waals surface area contributed by atoms with E-state index in [0.717, 1.165) is 19.5 Å². The Morgan fingerprint density at radius 3 is 2.53 bits per heavy atom. The summed E-state index contributed by atoms with van der Waals surface area (Å²) in [5.74, 6) is 1.15. The third kappa shape index (κ3) is 4.04. The number of para-hydroxylation sites is 1. The number of nitrogens with one attached hydrogen (secondary N) is 1. The van der Waals surface area contributed by atoms with Crippen LogP contribution in [0.5, 0.6) is 0 Å². The molecule has 17 heavy (non-hydrogen) atoms. The summed E-state index contributed by atoms with van der Waals surface area (Å²) in [6.45, 7) is 10.6. The molecule has 0 aliphatic heterocycles. The summed E-state index contributed by atoms with van der Waals surface area (Å²) in [5, 5.41) is 3.57. The second-order valence-corrected chi connectivity index (χ2v) is 5.25. The standard InChI is InChI=1S/C15H26N2/c1-11(2)14-7-5-6-13(4)15(14)17-9-8-12(3)10-16/h5-7,11-12,17H,8-10,16H2,1-4H3. The Morgan fingerprint density at radius 2 is 1.94 bits per heavy atom. The predicted octanol–water partition coefficient (Wildman–Crippen LogP) is 3.52. The molecule has 1 aromatic rings. The fourth-order valence-electron chi connectivity index (χ4n) is 1.97. The van der Waals surface area contributed by atoms with Crippen LogP contribution < -0.4 is 11.1 Å². The molecule has 1 atom stereocenters. The van der Waals surface area contributed by atoms with Crippen molar-refractivity contribution in [3.05, 3.63) is 29.3 Å². The van der Waals surface area contributed by atoms with Gasteiger partial charge in [-0.15, -0.1) is 0 Å². The normalized spacial score (nSPS) is 12.8. The van der Waals surface area contributed by atoms with Gasteiger partial charge < -0.3 is 11.1 Å². The van der Waals surface area contributed by atoms with E-state index in [9.17, 15) is 0 Å². The van der Waals surface area contributed by atoms with Crippen LogP contribution in [0.1, 0.15) is 44.2 Å². The summed E-state index contributed by atoms with van der Waals surface area (Å²) in [7, 11) is 0. The highest BCUT2D eigenvalue weighted by atomic mass is 14.9. The quantitative estimate of drug-likeness (QED) is 0.790. The SMILES string of the molecule is Cc1cccc(C(C)C)c1NCCC(C)CN. The van der Waals surface area contributed by atoms with Crippen LogP contribution >= 0.6 is 0 Å². The average molecular weight is 234 g/mol. The monoisotopic (exact) mass is 234 g/mol. The Hall–Kier alpha value is -1.02. The minimum atomic E-state index is 0.560. The number of nitrogens with two attached hydrogens (primary N) is 1. The maximum atomic E-state index is 5.63. The second kappa shape index (κ2) is 6.65. The van der Waals surface area contributed by atoms with Crippen LogP contribution in [-0.4, -0.2) is 13.1 Å². The predicted molar refractivity (Wildman–Crippen MR) is 76.6 cm³/mol. The Morgan fingerprint density at radius 1 is 1.24 bits per heavy atom. The molecule has 0 heterocycles. The van der Waals surface area contributed by atoms with Crippen molar-refractivity contribution < 1.29 is 0 Å². The molecular formula is C15H26N2. The van der Waals surface area contributed by atoms with Gasteiger partial charge >= 0.3 is 0 Å². The van der Waals surface area contributed by atoms with Gasteiger partial charge in [-0.25, -0.2) is 0 Å². The Kier molecular flexibility index (Phi) is 5.49. The van der Waals surface area contributed by atoms with Crippen LogP contribution in [-0.2, 0) is 0 Å². The number of hydrogen-bond acceptors (Lipinski definition) is 2. The van der Waals surface area contributed by atoms with Crippen LogP contribution in [0.3, 0.4) is 0 Å². The first-order valence-corrected chi connectivity index (χ1v) is 6.59. The summed E-state index contributed by atoms with van der Waals surface area (Å²) in [6, 6.07) is 6.52. The Balaban J connectivity index is 2.69. The first-order chi connectivity index (χ1) is 8.06. The molecule has 0 spiro atoms. The van der Waals surface area contributed by atoms with Crippen molar-refractivity contribution >= 4 is 5.69 Å². The van der Waals surface area contributed by atoms with E-state index in [4.69, 9.17) is 5.73 Å². The van der Waals surface area contributed by atoms with Gasteiger partial charge in [-0.2, -0.15) is 0 Å². The Labute approximate surface area is 106 Å². The zero-order valence-electron chi connectivity index (χ0n) is 11.6. The first-order valence-electron chi connectivity index (χ1n) is 6.59. The minimum Gasteiger partial charge on any atom is -0.385 e. The molecule has 96 valence electrons.